The van der Waals surface area contributed by atoms with Gasteiger partial charge in [-0.05, 0) is 22.9 Å². The number of aromatic hydroxyl groups is 1. The largest absolute Gasteiger partial charge is 1.00 e. The Balaban J connectivity index is 0.00000180. The van der Waals surface area contributed by atoms with Crippen LogP contribution >= 0.6 is 0 Å². The van der Waals surface area contributed by atoms with E-state index in [2.05, 4.69) is 10.1 Å². The average Bonchev–Trinajstić information content (AvgIpc) is 2.40. The van der Waals surface area contributed by atoms with Crippen molar-refractivity contribution in [1.29, 1.82) is 0 Å². The van der Waals surface area contributed by atoms with Gasteiger partial charge in [-0.15, -0.1) is 0 Å². The van der Waals surface area contributed by atoms with Gasteiger partial charge in [0.2, 0.25) is 0 Å². The van der Waals surface area contributed by atoms with Crippen molar-refractivity contribution in [3.63, 3.8) is 0 Å². The zero-order valence-corrected chi connectivity index (χ0v) is 11.3. The van der Waals surface area contributed by atoms with E-state index < -0.39 is 0 Å². The molecular formula is C14H15ClN2O2. The Morgan fingerprint density at radius 3 is 2.63 bits per heavy atom. The molecule has 1 heterocycles. The molecular weight excluding hydrogens is 264 g/mol. The Labute approximate surface area is 118 Å². The van der Waals surface area contributed by atoms with E-state index in [0.29, 0.717) is 18.0 Å². The summed E-state index contributed by atoms with van der Waals surface area (Å²) < 4.78 is 0. The van der Waals surface area contributed by atoms with Gasteiger partial charge in [0, 0.05) is 13.1 Å². The molecule has 0 saturated heterocycles. The van der Waals surface area contributed by atoms with Gasteiger partial charge in [-0.1, -0.05) is 30.3 Å². The van der Waals surface area contributed by atoms with Crippen molar-refractivity contribution in [2.75, 3.05) is 0 Å². The number of rotatable bonds is 4. The molecule has 0 amide bonds. The number of pyridine rings is 1. The zero-order chi connectivity index (χ0) is 12.8. The number of hydrogen-bond donors (Lipinski definition) is 2. The summed E-state index contributed by atoms with van der Waals surface area (Å²) in [5.41, 5.74) is 2.23. The molecule has 4 nitrogen and oxygen atoms in total. The fourth-order valence-electron chi connectivity index (χ4n) is 1.54. The van der Waals surface area contributed by atoms with Gasteiger partial charge in [-0.25, -0.2) is 4.98 Å². The first-order chi connectivity index (χ1) is 8.77. The van der Waals surface area contributed by atoms with Gasteiger partial charge in [0.05, 0.1) is 0 Å². The van der Waals surface area contributed by atoms with Crippen molar-refractivity contribution in [3.8, 4) is 5.75 Å². The van der Waals surface area contributed by atoms with Crippen LogP contribution in [0.5, 0.6) is 5.75 Å². The molecule has 2 rings (SSSR count). The van der Waals surface area contributed by atoms with Gasteiger partial charge in [-0.3, -0.25) is 4.84 Å². The molecule has 0 spiro atoms. The lowest BCUT2D eigenvalue weighted by Crippen LogP contribution is -3.00. The van der Waals surface area contributed by atoms with Gasteiger partial charge in [0.15, 0.2) is 12.3 Å². The number of benzene rings is 1. The Morgan fingerprint density at radius 2 is 1.95 bits per heavy atom. The lowest BCUT2D eigenvalue weighted by atomic mass is 10.2. The van der Waals surface area contributed by atoms with E-state index in [0.717, 1.165) is 5.56 Å². The smallest absolute Gasteiger partial charge is 0.251 e. The highest BCUT2D eigenvalue weighted by molar-refractivity contribution is 5.94. The number of nitrogens with one attached hydrogen (secondary N) is 1. The third kappa shape index (κ3) is 4.26. The van der Waals surface area contributed by atoms with Crippen molar-refractivity contribution in [2.45, 2.75) is 13.5 Å². The van der Waals surface area contributed by atoms with E-state index in [9.17, 15) is 5.11 Å². The van der Waals surface area contributed by atoms with Crippen LogP contribution in [0.25, 0.3) is 0 Å². The molecule has 0 fully saturated rings. The second-order valence-corrected chi connectivity index (χ2v) is 3.87. The van der Waals surface area contributed by atoms with Crippen molar-refractivity contribution in [3.05, 3.63) is 59.9 Å². The fourth-order valence-corrected chi connectivity index (χ4v) is 1.54. The standard InChI is InChI=1S/C14H14N2O2.ClH/c1-11(14-13(17)8-5-9-15-14)16-18-10-12-6-3-2-4-7-12;/h2-9,17H,10H2,1H3;1H. The molecule has 0 unspecified atom stereocenters. The normalized spacial score (nSPS) is 10.7. The molecule has 1 aromatic carbocycles. The Kier molecular flexibility index (Phi) is 5.82. The quantitative estimate of drug-likeness (QED) is 0.494. The third-order valence-corrected chi connectivity index (χ3v) is 2.45. The van der Waals surface area contributed by atoms with Crippen LogP contribution in [-0.2, 0) is 11.4 Å². The van der Waals surface area contributed by atoms with Crippen molar-refractivity contribution in [2.24, 2.45) is 0 Å². The van der Waals surface area contributed by atoms with Gasteiger partial charge in [0.1, 0.15) is 5.75 Å². The van der Waals surface area contributed by atoms with Crippen LogP contribution in [0.2, 0.25) is 0 Å². The lowest BCUT2D eigenvalue weighted by molar-refractivity contribution is -0.758. The second-order valence-electron chi connectivity index (χ2n) is 3.87. The van der Waals surface area contributed by atoms with E-state index >= 15 is 0 Å². The van der Waals surface area contributed by atoms with Crippen LogP contribution < -0.4 is 17.6 Å². The van der Waals surface area contributed by atoms with Gasteiger partial charge >= 0.3 is 0 Å². The molecule has 1 aromatic heterocycles. The minimum atomic E-state index is 0. The number of hydrogen-bond acceptors (Lipinski definition) is 3. The highest BCUT2D eigenvalue weighted by Crippen LogP contribution is 2.11. The molecule has 0 aliphatic carbocycles. The molecule has 0 aliphatic heterocycles. The molecule has 0 atom stereocenters. The van der Waals surface area contributed by atoms with Crippen LogP contribution in [0.4, 0.5) is 0 Å². The van der Waals surface area contributed by atoms with Crippen LogP contribution in [0, 0.1) is 0 Å². The van der Waals surface area contributed by atoms with Gasteiger partial charge in [0.25, 0.3) is 5.71 Å². The Bertz CT molecular complexity index is 544. The van der Waals surface area contributed by atoms with E-state index in [1.807, 2.05) is 30.3 Å². The first-order valence-electron chi connectivity index (χ1n) is 5.67. The highest BCUT2D eigenvalue weighted by Gasteiger charge is 2.11. The highest BCUT2D eigenvalue weighted by atomic mass is 35.5. The Hall–Kier alpha value is -2.07. The minimum Gasteiger partial charge on any atom is -1.00 e. The zero-order valence-electron chi connectivity index (χ0n) is 10.5. The van der Waals surface area contributed by atoms with E-state index in [1.54, 1.807) is 25.3 Å². The summed E-state index contributed by atoms with van der Waals surface area (Å²) in [5.74, 6) is 0.130. The summed E-state index contributed by atoms with van der Waals surface area (Å²) in [7, 11) is 0. The van der Waals surface area contributed by atoms with Crippen LogP contribution in [-0.4, -0.2) is 15.8 Å². The molecule has 2 N–H and O–H groups in total. The maximum absolute atomic E-state index is 9.62. The first kappa shape index (κ1) is 15.0. The van der Waals surface area contributed by atoms with Gasteiger partial charge < -0.3 is 17.5 Å². The summed E-state index contributed by atoms with van der Waals surface area (Å²) in [6.45, 7) is 2.25. The van der Waals surface area contributed by atoms with Crippen molar-refractivity contribution < 1.29 is 27.5 Å². The van der Waals surface area contributed by atoms with Gasteiger partial charge in [-0.2, -0.15) is 0 Å². The maximum atomic E-state index is 9.62. The van der Waals surface area contributed by atoms with Crippen LogP contribution in [0.3, 0.4) is 0 Å². The summed E-state index contributed by atoms with van der Waals surface area (Å²) in [6, 6.07) is 13.1. The fraction of sp³-hybridized carbons (Fsp3) is 0.143. The predicted molar refractivity (Wildman–Crippen MR) is 67.9 cm³/mol. The van der Waals surface area contributed by atoms with Crippen molar-refractivity contribution >= 4 is 5.71 Å². The van der Waals surface area contributed by atoms with Crippen LogP contribution in [0.15, 0.2) is 48.7 Å². The molecule has 0 bridgehead atoms. The summed E-state index contributed by atoms with van der Waals surface area (Å²) >= 11 is 0. The van der Waals surface area contributed by atoms with Crippen LogP contribution in [0.1, 0.15) is 18.2 Å². The lowest BCUT2D eigenvalue weighted by Gasteiger charge is -1.98. The topological polar surface area (TPSA) is 56.3 Å². The molecule has 0 aliphatic rings. The first-order valence-corrected chi connectivity index (χ1v) is 5.67. The second kappa shape index (κ2) is 7.38. The maximum Gasteiger partial charge on any atom is 0.251 e. The number of halogens is 1. The molecule has 100 valence electrons. The average molecular weight is 279 g/mol. The molecule has 2 aromatic rings. The third-order valence-electron chi connectivity index (χ3n) is 2.45. The number of aromatic nitrogens is 1. The summed E-state index contributed by atoms with van der Waals surface area (Å²) in [5, 5.41) is 12.4. The van der Waals surface area contributed by atoms with E-state index in [-0.39, 0.29) is 18.2 Å². The Morgan fingerprint density at radius 1 is 1.21 bits per heavy atom. The minimum absolute atomic E-state index is 0. The van der Waals surface area contributed by atoms with E-state index in [4.69, 9.17) is 4.84 Å². The summed E-state index contributed by atoms with van der Waals surface area (Å²) in [4.78, 5) is 9.43. The molecule has 5 heteroatoms. The molecule has 0 saturated carbocycles. The number of nitrogens with zero attached hydrogens (tertiary/aromatic N) is 1. The monoisotopic (exact) mass is 278 g/mol. The molecule has 0 radical (unpaired) electrons. The summed E-state index contributed by atoms with van der Waals surface area (Å²) in [6.07, 6.45) is 1.62. The molecule has 19 heavy (non-hydrogen) atoms. The SMILES string of the molecule is CC(=[NH+]OCc1ccccc1)c1ncccc1O.[Cl-]. The predicted octanol–water partition coefficient (Wildman–Crippen LogP) is -2.19. The van der Waals surface area contributed by atoms with Crippen molar-refractivity contribution in [1.82, 2.24) is 4.98 Å². The van der Waals surface area contributed by atoms with E-state index in [1.165, 1.54) is 0 Å².